The van der Waals surface area contributed by atoms with Gasteiger partial charge in [0.25, 0.3) is 0 Å². The minimum atomic E-state index is -1.39. The number of unbranched alkanes of at least 4 members (excludes halogenated alkanes) is 4. The van der Waals surface area contributed by atoms with Crippen molar-refractivity contribution in [3.05, 3.63) is 29.8 Å². The van der Waals surface area contributed by atoms with Gasteiger partial charge in [-0.2, -0.15) is 0 Å². The van der Waals surface area contributed by atoms with E-state index in [1.165, 1.54) is 30.2 Å². The zero-order valence-corrected chi connectivity index (χ0v) is 22.4. The Kier molecular flexibility index (Phi) is 13.4. The number of nitrogens with one attached hydrogen (secondary N) is 2. The minimum absolute atomic E-state index is 0.121. The van der Waals surface area contributed by atoms with E-state index < -0.39 is 54.7 Å². The minimum Gasteiger partial charge on any atom is -0.508 e. The highest BCUT2D eigenvalue weighted by Gasteiger charge is 2.36. The maximum atomic E-state index is 13.7. The van der Waals surface area contributed by atoms with Gasteiger partial charge < -0.3 is 35.2 Å². The molecule has 0 radical (unpaired) electrons. The molecule has 0 spiro atoms. The molecule has 208 valence electrons. The van der Waals surface area contributed by atoms with E-state index in [1.54, 1.807) is 26.8 Å². The lowest BCUT2D eigenvalue weighted by Gasteiger charge is -2.34. The van der Waals surface area contributed by atoms with Gasteiger partial charge in [0.2, 0.25) is 11.8 Å². The Morgan fingerprint density at radius 3 is 2.32 bits per heavy atom. The van der Waals surface area contributed by atoms with Crippen LogP contribution in [0.25, 0.3) is 0 Å². The molecule has 0 aromatic heterocycles. The van der Waals surface area contributed by atoms with E-state index in [0.717, 1.165) is 25.7 Å². The number of carbonyl (C=O) groups excluding carboxylic acids is 4. The largest absolute Gasteiger partial charge is 0.508 e. The summed E-state index contributed by atoms with van der Waals surface area (Å²) in [4.78, 5) is 52.2. The lowest BCUT2D eigenvalue weighted by atomic mass is 10.0. The van der Waals surface area contributed by atoms with Gasteiger partial charge in [-0.15, -0.1) is 0 Å². The van der Waals surface area contributed by atoms with Gasteiger partial charge in [0.05, 0.1) is 13.7 Å². The maximum Gasteiger partial charge on any atom is 0.408 e. The Labute approximate surface area is 218 Å². The predicted octanol–water partition coefficient (Wildman–Crippen LogP) is 2.41. The average Bonchev–Trinajstić information content (AvgIpc) is 2.83. The number of nitrogens with zero attached hydrogens (tertiary/aromatic N) is 1. The summed E-state index contributed by atoms with van der Waals surface area (Å²) >= 11 is 0. The van der Waals surface area contributed by atoms with Crippen LogP contribution < -0.4 is 10.6 Å². The Hall–Kier alpha value is -3.34. The molecule has 11 heteroatoms. The zero-order chi connectivity index (χ0) is 28.0. The molecule has 3 amide bonds. The molecule has 0 saturated carbocycles. The second-order valence-corrected chi connectivity index (χ2v) is 9.62. The molecule has 0 bridgehead atoms. The Morgan fingerprint density at radius 1 is 1.08 bits per heavy atom. The summed E-state index contributed by atoms with van der Waals surface area (Å²) in [5.41, 5.74) is -0.539. The zero-order valence-electron chi connectivity index (χ0n) is 22.4. The van der Waals surface area contributed by atoms with E-state index in [1.807, 2.05) is 0 Å². The van der Waals surface area contributed by atoms with E-state index >= 15 is 0 Å². The Bertz CT molecular complexity index is 900. The highest BCUT2D eigenvalue weighted by molar-refractivity contribution is 5.93. The topological polar surface area (TPSA) is 154 Å². The van der Waals surface area contributed by atoms with Gasteiger partial charge in [-0.05, 0) is 44.9 Å². The third-order valence-corrected chi connectivity index (χ3v) is 5.34. The summed E-state index contributed by atoms with van der Waals surface area (Å²) in [6.45, 7) is 6.02. The van der Waals surface area contributed by atoms with Crippen LogP contribution in [-0.4, -0.2) is 77.4 Å². The molecule has 11 nitrogen and oxygen atoms in total. The van der Waals surface area contributed by atoms with Gasteiger partial charge in [-0.25, -0.2) is 4.79 Å². The van der Waals surface area contributed by atoms with Crippen molar-refractivity contribution in [2.24, 2.45) is 0 Å². The van der Waals surface area contributed by atoms with Crippen LogP contribution in [0.15, 0.2) is 24.3 Å². The molecular weight excluding hydrogens is 482 g/mol. The van der Waals surface area contributed by atoms with E-state index in [4.69, 9.17) is 4.74 Å². The number of aliphatic hydroxyl groups is 1. The number of methoxy groups -OCH3 is 1. The monoisotopic (exact) mass is 523 g/mol. The number of phenols is 1. The number of hydrogen-bond acceptors (Lipinski definition) is 8. The highest BCUT2D eigenvalue weighted by atomic mass is 16.6. The molecule has 2 atom stereocenters. The first-order valence-corrected chi connectivity index (χ1v) is 12.5. The molecule has 2 unspecified atom stereocenters. The fraction of sp³-hybridized carbons (Fsp3) is 0.615. The average molecular weight is 524 g/mol. The van der Waals surface area contributed by atoms with Crippen LogP contribution >= 0.6 is 0 Å². The van der Waals surface area contributed by atoms with Gasteiger partial charge in [0.15, 0.2) is 0 Å². The van der Waals surface area contributed by atoms with E-state index in [2.05, 4.69) is 22.3 Å². The van der Waals surface area contributed by atoms with Crippen molar-refractivity contribution in [3.63, 3.8) is 0 Å². The summed E-state index contributed by atoms with van der Waals surface area (Å²) in [5.74, 6) is -2.21. The second kappa shape index (κ2) is 15.7. The van der Waals surface area contributed by atoms with Crippen LogP contribution in [0.5, 0.6) is 5.75 Å². The van der Waals surface area contributed by atoms with Crippen LogP contribution in [0.3, 0.4) is 0 Å². The molecule has 1 rings (SSSR count). The Balaban J connectivity index is 3.35. The number of amides is 3. The molecule has 37 heavy (non-hydrogen) atoms. The van der Waals surface area contributed by atoms with Gasteiger partial charge in [0.1, 0.15) is 30.0 Å². The molecule has 0 aliphatic rings. The first-order valence-electron chi connectivity index (χ1n) is 12.5. The Morgan fingerprint density at radius 2 is 1.76 bits per heavy atom. The fourth-order valence-electron chi connectivity index (χ4n) is 3.58. The van der Waals surface area contributed by atoms with Crippen molar-refractivity contribution in [2.45, 2.75) is 77.5 Å². The van der Waals surface area contributed by atoms with Crippen molar-refractivity contribution in [1.82, 2.24) is 15.5 Å². The molecule has 0 aliphatic heterocycles. The predicted molar refractivity (Wildman–Crippen MR) is 137 cm³/mol. The number of rotatable bonds is 14. The summed E-state index contributed by atoms with van der Waals surface area (Å²) in [6, 6.07) is 3.20. The molecule has 1 aromatic carbocycles. The number of benzene rings is 1. The van der Waals surface area contributed by atoms with Crippen molar-refractivity contribution >= 4 is 23.9 Å². The first-order chi connectivity index (χ1) is 17.4. The van der Waals surface area contributed by atoms with E-state index in [9.17, 15) is 29.4 Å². The van der Waals surface area contributed by atoms with Crippen LogP contribution in [0.1, 0.15) is 71.4 Å². The van der Waals surface area contributed by atoms with Gasteiger partial charge in [-0.1, -0.05) is 44.7 Å². The SMILES string of the molecule is CCCCCCCN(C(=O)C(CO)NC(=O)OC(C)(C)C)C(C(=O)NCC(=O)OC)c1cccc(O)c1. The van der Waals surface area contributed by atoms with E-state index in [0.29, 0.717) is 12.0 Å². The summed E-state index contributed by atoms with van der Waals surface area (Å²) in [5, 5.41) is 24.8. The summed E-state index contributed by atoms with van der Waals surface area (Å²) in [7, 11) is 1.18. The smallest absolute Gasteiger partial charge is 0.408 e. The molecule has 0 aliphatic carbocycles. The highest BCUT2D eigenvalue weighted by Crippen LogP contribution is 2.26. The second-order valence-electron chi connectivity index (χ2n) is 9.62. The van der Waals surface area contributed by atoms with Gasteiger partial charge >= 0.3 is 12.1 Å². The van der Waals surface area contributed by atoms with Crippen molar-refractivity contribution in [2.75, 3.05) is 26.8 Å². The summed E-state index contributed by atoms with van der Waals surface area (Å²) in [6.07, 6.45) is 3.42. The number of hydrogen-bond donors (Lipinski definition) is 4. The normalized spacial score (nSPS) is 12.7. The van der Waals surface area contributed by atoms with Crippen LogP contribution in [0.4, 0.5) is 4.79 Å². The number of carbonyl (C=O) groups is 4. The fourth-order valence-corrected chi connectivity index (χ4v) is 3.58. The number of phenolic OH excluding ortho intramolecular Hbond substituents is 1. The number of aromatic hydroxyl groups is 1. The maximum absolute atomic E-state index is 13.7. The number of aliphatic hydroxyl groups excluding tert-OH is 1. The number of esters is 1. The number of ether oxygens (including phenoxy) is 2. The van der Waals surface area contributed by atoms with Gasteiger partial charge in [-0.3, -0.25) is 14.4 Å². The van der Waals surface area contributed by atoms with Crippen LogP contribution in [0.2, 0.25) is 0 Å². The molecule has 0 saturated heterocycles. The molecule has 0 heterocycles. The van der Waals surface area contributed by atoms with Crippen molar-refractivity contribution in [1.29, 1.82) is 0 Å². The number of alkyl carbamates (subject to hydrolysis) is 1. The third-order valence-electron chi connectivity index (χ3n) is 5.34. The third kappa shape index (κ3) is 11.5. The standard InChI is InChI=1S/C26H41N3O8/c1-6-7-8-9-10-14-29(24(34)20(17-30)28-25(35)37-26(2,3)4)22(18-12-11-13-19(31)15-18)23(33)27-16-21(32)36-5/h11-13,15,20,22,30-31H,6-10,14,16-17H2,1-5H3,(H,27,33)(H,28,35). The van der Waals surface area contributed by atoms with Crippen molar-refractivity contribution in [3.8, 4) is 5.75 Å². The van der Waals surface area contributed by atoms with Gasteiger partial charge in [0, 0.05) is 6.54 Å². The quantitative estimate of drug-likeness (QED) is 0.214. The lowest BCUT2D eigenvalue weighted by Crippen LogP contribution is -2.54. The van der Waals surface area contributed by atoms with Crippen LogP contribution in [0, 0.1) is 0 Å². The van der Waals surface area contributed by atoms with E-state index in [-0.39, 0.29) is 12.3 Å². The summed E-state index contributed by atoms with van der Waals surface area (Å²) < 4.78 is 9.80. The molecule has 0 fully saturated rings. The van der Waals surface area contributed by atoms with Crippen LogP contribution in [-0.2, 0) is 23.9 Å². The molecular formula is C26H41N3O8. The lowest BCUT2D eigenvalue weighted by molar-refractivity contribution is -0.145. The van der Waals surface area contributed by atoms with Crippen molar-refractivity contribution < 1.29 is 38.9 Å². The first kappa shape index (κ1) is 31.7. The molecule has 1 aromatic rings. The molecule has 4 N–H and O–H groups in total.